The van der Waals surface area contributed by atoms with Gasteiger partial charge < -0.3 is 5.32 Å². The normalized spacial score (nSPS) is 12.2. The number of carbonyl (C=O) groups is 1. The molecule has 158 valence electrons. The van der Waals surface area contributed by atoms with E-state index in [4.69, 9.17) is 0 Å². The molecule has 0 bridgehead atoms. The molecular weight excluding hydrogens is 414 g/mol. The Kier molecular flexibility index (Phi) is 7.17. The zero-order valence-electron chi connectivity index (χ0n) is 16.8. The summed E-state index contributed by atoms with van der Waals surface area (Å²) in [5.74, 6) is -0.542. The molecule has 8 nitrogen and oxygen atoms in total. The van der Waals surface area contributed by atoms with Gasteiger partial charge in [0.25, 0.3) is 5.91 Å². The number of hydrogen-bond acceptors (Lipinski definition) is 5. The minimum absolute atomic E-state index is 0.00602. The quantitative estimate of drug-likeness (QED) is 0.655. The number of aryl methyl sites for hydroxylation is 1. The van der Waals surface area contributed by atoms with Gasteiger partial charge in [0.1, 0.15) is 0 Å². The second-order valence-electron chi connectivity index (χ2n) is 6.26. The van der Waals surface area contributed by atoms with Gasteiger partial charge in [-0.1, -0.05) is 26.0 Å². The van der Waals surface area contributed by atoms with E-state index in [-0.39, 0.29) is 21.0 Å². The zero-order chi connectivity index (χ0) is 21.8. The second kappa shape index (κ2) is 9.04. The maximum absolute atomic E-state index is 12.9. The smallest absolute Gasteiger partial charge is 0.255 e. The van der Waals surface area contributed by atoms with Crippen LogP contribution in [0.4, 0.5) is 5.69 Å². The SMILES string of the molecule is CCN(CC)S(=O)(=O)c1cc(C(=O)Nc2cccc(S(=O)(=O)NC)c2)ccc1C. The molecule has 29 heavy (non-hydrogen) atoms. The van der Waals surface area contributed by atoms with Crippen molar-refractivity contribution in [3.8, 4) is 0 Å². The molecule has 2 rings (SSSR count). The van der Waals surface area contributed by atoms with Gasteiger partial charge in [-0.25, -0.2) is 21.6 Å². The van der Waals surface area contributed by atoms with Crippen LogP contribution in [0, 0.1) is 6.92 Å². The molecule has 0 atom stereocenters. The van der Waals surface area contributed by atoms with E-state index in [1.54, 1.807) is 32.9 Å². The van der Waals surface area contributed by atoms with Gasteiger partial charge >= 0.3 is 0 Å². The van der Waals surface area contributed by atoms with Crippen LogP contribution in [0.2, 0.25) is 0 Å². The largest absolute Gasteiger partial charge is 0.322 e. The summed E-state index contributed by atoms with van der Waals surface area (Å²) in [4.78, 5) is 12.7. The number of anilines is 1. The lowest BCUT2D eigenvalue weighted by molar-refractivity contribution is 0.102. The van der Waals surface area contributed by atoms with Crippen molar-refractivity contribution in [1.29, 1.82) is 0 Å². The van der Waals surface area contributed by atoms with E-state index in [0.717, 1.165) is 0 Å². The molecule has 0 unspecified atom stereocenters. The van der Waals surface area contributed by atoms with Crippen molar-refractivity contribution in [2.24, 2.45) is 0 Å². The van der Waals surface area contributed by atoms with Crippen LogP contribution in [-0.2, 0) is 20.0 Å². The van der Waals surface area contributed by atoms with Crippen molar-refractivity contribution in [3.05, 3.63) is 53.6 Å². The lowest BCUT2D eigenvalue weighted by Crippen LogP contribution is -2.31. The Hall–Kier alpha value is -2.27. The Labute approximate surface area is 172 Å². The number of carbonyl (C=O) groups excluding carboxylic acids is 1. The second-order valence-corrected chi connectivity index (χ2v) is 10.1. The average Bonchev–Trinajstić information content (AvgIpc) is 2.69. The number of sulfonamides is 2. The highest BCUT2D eigenvalue weighted by molar-refractivity contribution is 7.89. The summed E-state index contributed by atoms with van der Waals surface area (Å²) in [6, 6.07) is 10.2. The first-order chi connectivity index (χ1) is 13.6. The van der Waals surface area contributed by atoms with E-state index in [1.165, 1.54) is 41.7 Å². The van der Waals surface area contributed by atoms with Crippen LogP contribution in [-0.4, -0.2) is 47.2 Å². The van der Waals surface area contributed by atoms with Crippen LogP contribution in [0.25, 0.3) is 0 Å². The molecule has 2 aromatic carbocycles. The Balaban J connectivity index is 2.38. The van der Waals surface area contributed by atoms with Gasteiger partial charge in [0.2, 0.25) is 20.0 Å². The molecule has 2 N–H and O–H groups in total. The molecule has 0 spiro atoms. The molecule has 0 aliphatic rings. The third-order valence-corrected chi connectivity index (χ3v) is 8.05. The Morgan fingerprint density at radius 2 is 1.66 bits per heavy atom. The van der Waals surface area contributed by atoms with Gasteiger partial charge in [0.05, 0.1) is 9.79 Å². The maximum atomic E-state index is 12.9. The lowest BCUT2D eigenvalue weighted by atomic mass is 10.1. The first-order valence-electron chi connectivity index (χ1n) is 9.02. The van der Waals surface area contributed by atoms with E-state index in [9.17, 15) is 21.6 Å². The molecular formula is C19H25N3O5S2. The topological polar surface area (TPSA) is 113 Å². The number of hydrogen-bond donors (Lipinski definition) is 2. The summed E-state index contributed by atoms with van der Waals surface area (Å²) < 4.78 is 53.1. The van der Waals surface area contributed by atoms with Crippen molar-refractivity contribution < 1.29 is 21.6 Å². The fourth-order valence-electron chi connectivity index (χ4n) is 2.78. The highest BCUT2D eigenvalue weighted by Crippen LogP contribution is 2.22. The van der Waals surface area contributed by atoms with Crippen LogP contribution >= 0.6 is 0 Å². The molecule has 0 aliphatic heterocycles. The third kappa shape index (κ3) is 5.02. The standard InChI is InChI=1S/C19H25N3O5S2/c1-5-22(6-2)29(26,27)18-12-15(11-10-14(18)3)19(23)21-16-8-7-9-17(13-16)28(24,25)20-4/h7-13,20H,5-6H2,1-4H3,(H,21,23). The average molecular weight is 440 g/mol. The fourth-order valence-corrected chi connectivity index (χ4v) is 5.27. The highest BCUT2D eigenvalue weighted by Gasteiger charge is 2.24. The van der Waals surface area contributed by atoms with Crippen molar-refractivity contribution in [2.45, 2.75) is 30.6 Å². The molecule has 0 aliphatic carbocycles. The first-order valence-corrected chi connectivity index (χ1v) is 11.9. The van der Waals surface area contributed by atoms with Crippen molar-refractivity contribution in [1.82, 2.24) is 9.03 Å². The minimum Gasteiger partial charge on any atom is -0.322 e. The van der Waals surface area contributed by atoms with Gasteiger partial charge in [-0.05, 0) is 49.9 Å². The van der Waals surface area contributed by atoms with E-state index in [2.05, 4.69) is 10.0 Å². The van der Waals surface area contributed by atoms with Crippen molar-refractivity contribution in [2.75, 3.05) is 25.5 Å². The predicted octanol–water partition coefficient (Wildman–Crippen LogP) is 2.19. The van der Waals surface area contributed by atoms with Crippen LogP contribution in [0.1, 0.15) is 29.8 Å². The minimum atomic E-state index is -3.72. The number of amides is 1. The van der Waals surface area contributed by atoms with Crippen molar-refractivity contribution >= 4 is 31.6 Å². The summed E-state index contributed by atoms with van der Waals surface area (Å²) in [6.07, 6.45) is 0. The van der Waals surface area contributed by atoms with Gasteiger partial charge in [-0.15, -0.1) is 0 Å². The predicted molar refractivity (Wildman–Crippen MR) is 112 cm³/mol. The lowest BCUT2D eigenvalue weighted by Gasteiger charge is -2.20. The molecule has 0 aromatic heterocycles. The van der Waals surface area contributed by atoms with Gasteiger partial charge in [-0.2, -0.15) is 4.31 Å². The number of benzene rings is 2. The molecule has 10 heteroatoms. The summed E-state index contributed by atoms with van der Waals surface area (Å²) >= 11 is 0. The van der Waals surface area contributed by atoms with Crippen LogP contribution in [0.3, 0.4) is 0 Å². The first kappa shape index (κ1) is 23.0. The Morgan fingerprint density at radius 3 is 2.24 bits per heavy atom. The third-order valence-electron chi connectivity index (χ3n) is 4.44. The monoisotopic (exact) mass is 439 g/mol. The summed E-state index contributed by atoms with van der Waals surface area (Å²) in [7, 11) is -6.08. The van der Waals surface area contributed by atoms with Crippen LogP contribution in [0.15, 0.2) is 52.3 Å². The molecule has 0 saturated heterocycles. The van der Waals surface area contributed by atoms with Gasteiger partial charge in [-0.3, -0.25) is 4.79 Å². The molecule has 0 fully saturated rings. The molecule has 0 radical (unpaired) electrons. The molecule has 0 heterocycles. The van der Waals surface area contributed by atoms with E-state index >= 15 is 0 Å². The molecule has 2 aromatic rings. The van der Waals surface area contributed by atoms with Crippen molar-refractivity contribution in [3.63, 3.8) is 0 Å². The summed E-state index contributed by atoms with van der Waals surface area (Å²) in [6.45, 7) is 5.81. The van der Waals surface area contributed by atoms with E-state index in [1.807, 2.05) is 0 Å². The number of rotatable bonds is 8. The highest BCUT2D eigenvalue weighted by atomic mass is 32.2. The Bertz CT molecular complexity index is 1110. The molecule has 0 saturated carbocycles. The fraction of sp³-hybridized carbons (Fsp3) is 0.316. The Morgan fingerprint density at radius 1 is 1.00 bits per heavy atom. The molecule has 1 amide bonds. The van der Waals surface area contributed by atoms with Crippen LogP contribution < -0.4 is 10.0 Å². The van der Waals surface area contributed by atoms with E-state index < -0.39 is 26.0 Å². The van der Waals surface area contributed by atoms with Gasteiger partial charge in [0, 0.05) is 24.3 Å². The van der Waals surface area contributed by atoms with E-state index in [0.29, 0.717) is 18.7 Å². The number of nitrogens with zero attached hydrogens (tertiary/aromatic N) is 1. The van der Waals surface area contributed by atoms with Gasteiger partial charge in [0.15, 0.2) is 0 Å². The maximum Gasteiger partial charge on any atom is 0.255 e. The summed E-state index contributed by atoms with van der Waals surface area (Å²) in [5.41, 5.74) is 0.971. The zero-order valence-corrected chi connectivity index (χ0v) is 18.4. The van der Waals surface area contributed by atoms with Crippen LogP contribution in [0.5, 0.6) is 0 Å². The number of nitrogens with one attached hydrogen (secondary N) is 2. The summed E-state index contributed by atoms with van der Waals surface area (Å²) in [5, 5.41) is 2.61.